The zero-order valence-corrected chi connectivity index (χ0v) is 11.6. The van der Waals surface area contributed by atoms with Crippen LogP contribution in [-0.2, 0) is 9.31 Å². The summed E-state index contributed by atoms with van der Waals surface area (Å²) in [6, 6.07) is 2.81. The van der Waals surface area contributed by atoms with Gasteiger partial charge in [-0.1, -0.05) is 6.07 Å². The van der Waals surface area contributed by atoms with Crippen molar-refractivity contribution in [2.75, 3.05) is 5.32 Å². The Morgan fingerprint density at radius 1 is 1.26 bits per heavy atom. The highest BCUT2D eigenvalue weighted by Crippen LogP contribution is 2.36. The van der Waals surface area contributed by atoms with Gasteiger partial charge in [0.2, 0.25) is 0 Å². The van der Waals surface area contributed by atoms with Crippen LogP contribution in [0.2, 0.25) is 0 Å². The first kappa shape index (κ1) is 13.8. The van der Waals surface area contributed by atoms with Crippen LogP contribution in [-0.4, -0.2) is 29.3 Å². The van der Waals surface area contributed by atoms with Crippen LogP contribution in [0.4, 0.5) is 10.6 Å². The van der Waals surface area contributed by atoms with Crippen LogP contribution >= 0.6 is 0 Å². The molecule has 0 aromatic carbocycles. The molecule has 0 aliphatic carbocycles. The van der Waals surface area contributed by atoms with E-state index in [-0.39, 0.29) is 11.2 Å². The average Bonchev–Trinajstić information content (AvgIpc) is 2.48. The third-order valence-electron chi connectivity index (χ3n) is 3.56. The van der Waals surface area contributed by atoms with E-state index in [0.29, 0.717) is 5.82 Å². The van der Waals surface area contributed by atoms with Crippen LogP contribution < -0.4 is 16.5 Å². The summed E-state index contributed by atoms with van der Waals surface area (Å²) < 4.78 is 11.8. The van der Waals surface area contributed by atoms with Crippen LogP contribution in [0.3, 0.4) is 0 Å². The predicted octanol–water partition coefficient (Wildman–Crippen LogP) is 0.871. The maximum atomic E-state index is 10.7. The molecule has 1 aliphatic heterocycles. The van der Waals surface area contributed by atoms with E-state index in [9.17, 15) is 4.79 Å². The molecule has 2 heterocycles. The van der Waals surface area contributed by atoms with E-state index < -0.39 is 13.1 Å². The zero-order chi connectivity index (χ0) is 14.3. The number of amides is 2. The molecular weight excluding hydrogens is 245 g/mol. The highest BCUT2D eigenvalue weighted by Gasteiger charge is 2.51. The molecule has 0 saturated carbocycles. The second-order valence-electron chi connectivity index (χ2n) is 5.55. The quantitative estimate of drug-likeness (QED) is 0.775. The van der Waals surface area contributed by atoms with E-state index in [0.717, 1.165) is 5.46 Å². The number of carbonyl (C=O) groups is 1. The molecule has 1 aliphatic rings. The lowest BCUT2D eigenvalue weighted by atomic mass is 9.80. The van der Waals surface area contributed by atoms with Gasteiger partial charge in [-0.3, -0.25) is 5.32 Å². The second kappa shape index (κ2) is 4.50. The number of nitrogens with zero attached hydrogens (tertiary/aromatic N) is 1. The van der Waals surface area contributed by atoms with Gasteiger partial charge in [0.1, 0.15) is 5.82 Å². The summed E-state index contributed by atoms with van der Waals surface area (Å²) >= 11 is 0. The number of primary amides is 1. The summed E-state index contributed by atoms with van der Waals surface area (Å²) in [4.78, 5) is 14.8. The van der Waals surface area contributed by atoms with Gasteiger partial charge in [-0.25, -0.2) is 9.78 Å². The molecule has 2 rings (SSSR count). The Kier molecular flexibility index (Phi) is 3.28. The van der Waals surface area contributed by atoms with Crippen molar-refractivity contribution in [3.8, 4) is 0 Å². The van der Waals surface area contributed by atoms with E-state index in [2.05, 4.69) is 10.3 Å². The number of nitrogens with two attached hydrogens (primary N) is 1. The molecule has 1 fully saturated rings. The number of pyridine rings is 1. The van der Waals surface area contributed by atoms with E-state index in [1.165, 1.54) is 0 Å². The fourth-order valence-corrected chi connectivity index (χ4v) is 1.72. The molecule has 1 aromatic rings. The maximum absolute atomic E-state index is 10.7. The minimum Gasteiger partial charge on any atom is -0.399 e. The Bertz CT molecular complexity index is 471. The topological polar surface area (TPSA) is 86.5 Å². The van der Waals surface area contributed by atoms with Crippen molar-refractivity contribution in [3.63, 3.8) is 0 Å². The third-order valence-corrected chi connectivity index (χ3v) is 3.56. The molecular formula is C12H18BN3O3. The number of hydrogen-bond acceptors (Lipinski definition) is 4. The van der Waals surface area contributed by atoms with Crippen LogP contribution in [0, 0.1) is 0 Å². The minimum atomic E-state index is -0.643. The number of nitrogens with one attached hydrogen (secondary N) is 1. The molecule has 6 nitrogen and oxygen atoms in total. The van der Waals surface area contributed by atoms with E-state index in [4.69, 9.17) is 15.0 Å². The lowest BCUT2D eigenvalue weighted by Gasteiger charge is -2.32. The number of rotatable bonds is 2. The Balaban J connectivity index is 2.14. The van der Waals surface area contributed by atoms with E-state index in [1.54, 1.807) is 18.3 Å². The van der Waals surface area contributed by atoms with Gasteiger partial charge in [-0.05, 0) is 33.8 Å². The first-order valence-corrected chi connectivity index (χ1v) is 6.09. The Labute approximate surface area is 112 Å². The van der Waals surface area contributed by atoms with Gasteiger partial charge in [0.05, 0.1) is 11.2 Å². The lowest BCUT2D eigenvalue weighted by molar-refractivity contribution is 0.00578. The molecule has 3 N–H and O–H groups in total. The monoisotopic (exact) mass is 263 g/mol. The van der Waals surface area contributed by atoms with Crippen molar-refractivity contribution in [3.05, 3.63) is 18.3 Å². The molecule has 2 amide bonds. The number of aromatic nitrogens is 1. The smallest absolute Gasteiger partial charge is 0.399 e. The molecule has 1 aromatic heterocycles. The fraction of sp³-hybridized carbons (Fsp3) is 0.500. The largest absolute Gasteiger partial charge is 0.496 e. The van der Waals surface area contributed by atoms with Gasteiger partial charge in [-0.15, -0.1) is 0 Å². The molecule has 0 unspecified atom stereocenters. The number of carbonyl (C=O) groups excluding carboxylic acids is 1. The van der Waals surface area contributed by atoms with Gasteiger partial charge in [-0.2, -0.15) is 0 Å². The molecule has 7 heteroatoms. The van der Waals surface area contributed by atoms with Crippen molar-refractivity contribution in [1.29, 1.82) is 0 Å². The van der Waals surface area contributed by atoms with Gasteiger partial charge >= 0.3 is 13.1 Å². The van der Waals surface area contributed by atoms with Crippen molar-refractivity contribution in [1.82, 2.24) is 4.98 Å². The highest BCUT2D eigenvalue weighted by molar-refractivity contribution is 6.62. The molecule has 0 spiro atoms. The minimum absolute atomic E-state index is 0.387. The van der Waals surface area contributed by atoms with E-state index >= 15 is 0 Å². The molecule has 19 heavy (non-hydrogen) atoms. The predicted molar refractivity (Wildman–Crippen MR) is 73.2 cm³/mol. The summed E-state index contributed by atoms with van der Waals surface area (Å²) in [5.41, 5.74) is 5.04. The SMILES string of the molecule is CC1(C)OB(c2ccc(NC(N)=O)nc2)OC1(C)C. The van der Waals surface area contributed by atoms with Gasteiger partial charge in [0.25, 0.3) is 0 Å². The van der Waals surface area contributed by atoms with Crippen LogP contribution in [0.5, 0.6) is 0 Å². The third kappa shape index (κ3) is 2.72. The van der Waals surface area contributed by atoms with Crippen LogP contribution in [0.25, 0.3) is 0 Å². The summed E-state index contributed by atoms with van der Waals surface area (Å²) in [6.45, 7) is 7.96. The lowest BCUT2D eigenvalue weighted by Crippen LogP contribution is -2.41. The Morgan fingerprint density at radius 2 is 1.84 bits per heavy atom. The Hall–Kier alpha value is -1.60. The van der Waals surface area contributed by atoms with Gasteiger partial charge < -0.3 is 15.0 Å². The number of urea groups is 1. The molecule has 102 valence electrons. The van der Waals surface area contributed by atoms with Crippen molar-refractivity contribution >= 4 is 24.4 Å². The summed E-state index contributed by atoms with van der Waals surface area (Å²) in [6.07, 6.45) is 1.60. The molecule has 0 atom stereocenters. The maximum Gasteiger partial charge on any atom is 0.496 e. The second-order valence-corrected chi connectivity index (χ2v) is 5.55. The number of hydrogen-bond donors (Lipinski definition) is 2. The average molecular weight is 263 g/mol. The van der Waals surface area contributed by atoms with Crippen molar-refractivity contribution < 1.29 is 14.1 Å². The first-order chi connectivity index (χ1) is 8.71. The highest BCUT2D eigenvalue weighted by atomic mass is 16.7. The Morgan fingerprint density at radius 3 is 2.26 bits per heavy atom. The van der Waals surface area contributed by atoms with Gasteiger partial charge in [0, 0.05) is 11.7 Å². The number of anilines is 1. The van der Waals surface area contributed by atoms with Crippen molar-refractivity contribution in [2.24, 2.45) is 5.73 Å². The summed E-state index contributed by atoms with van der Waals surface area (Å²) in [5, 5.41) is 2.40. The zero-order valence-electron chi connectivity index (χ0n) is 11.6. The molecule has 0 bridgehead atoms. The first-order valence-electron chi connectivity index (χ1n) is 6.09. The van der Waals surface area contributed by atoms with Gasteiger partial charge in [0.15, 0.2) is 0 Å². The van der Waals surface area contributed by atoms with Crippen LogP contribution in [0.1, 0.15) is 27.7 Å². The summed E-state index contributed by atoms with van der Waals surface area (Å²) in [5.74, 6) is 0.396. The molecule has 0 radical (unpaired) electrons. The van der Waals surface area contributed by atoms with E-state index in [1.807, 2.05) is 27.7 Å². The standard InChI is InChI=1S/C12H18BN3O3/c1-11(2)12(3,4)19-13(18-11)8-5-6-9(15-7-8)16-10(14)17/h5-7H,1-4H3,(H3,14,15,16,17). The fourth-order valence-electron chi connectivity index (χ4n) is 1.72. The summed E-state index contributed by atoms with van der Waals surface area (Å²) in [7, 11) is -0.458. The van der Waals surface area contributed by atoms with Crippen molar-refractivity contribution in [2.45, 2.75) is 38.9 Å². The van der Waals surface area contributed by atoms with Crippen LogP contribution in [0.15, 0.2) is 18.3 Å². The molecule has 1 saturated heterocycles. The normalized spacial score (nSPS) is 20.3.